The van der Waals surface area contributed by atoms with Crippen molar-refractivity contribution in [2.45, 2.75) is 0 Å². The van der Waals surface area contributed by atoms with Crippen molar-refractivity contribution in [3.63, 3.8) is 0 Å². The highest BCUT2D eigenvalue weighted by molar-refractivity contribution is 5.22. The molecule has 0 aliphatic rings. The van der Waals surface area contributed by atoms with E-state index in [0.29, 0.717) is 0 Å². The van der Waals surface area contributed by atoms with Crippen LogP contribution in [0.15, 0.2) is 5.10 Å². The van der Waals surface area contributed by atoms with Gasteiger partial charge in [0.05, 0.1) is 0 Å². The van der Waals surface area contributed by atoms with Gasteiger partial charge in [-0.05, 0) is 0 Å². The van der Waals surface area contributed by atoms with Crippen LogP contribution in [0.25, 0.3) is 0 Å². The fourth-order valence-corrected chi connectivity index (χ4v) is 0.126. The van der Waals surface area contributed by atoms with Crippen LogP contribution >= 0.6 is 0 Å². The second kappa shape index (κ2) is 2.58. The minimum Gasteiger partial charge on any atom is -0.231 e. The molecule has 0 unspecified atom stereocenters. The lowest BCUT2D eigenvalue weighted by molar-refractivity contribution is 0.0616. The zero-order valence-electron chi connectivity index (χ0n) is 5.05. The molecule has 7 heavy (non-hydrogen) atoms. The molecule has 0 aromatic rings. The lowest BCUT2D eigenvalue weighted by atomic mass is 11.1. The molecular weight excluding hydrogens is 90.1 g/mol. The standard InChI is InChI=1S/C4H11N3/c1-5-7(4)6(2)3/h1H2,2-4H3. The summed E-state index contributed by atoms with van der Waals surface area (Å²) in [6.07, 6.45) is 0. The minimum atomic E-state index is 1.64. The molecule has 0 amide bonds. The maximum Gasteiger partial charge on any atom is 0.0423 e. The number of rotatable bonds is 2. The fraction of sp³-hybridized carbons (Fsp3) is 0.750. The molecule has 0 bridgehead atoms. The number of hydrazone groups is 1. The van der Waals surface area contributed by atoms with Crippen molar-refractivity contribution >= 4 is 6.72 Å². The Morgan fingerprint density at radius 1 is 1.29 bits per heavy atom. The van der Waals surface area contributed by atoms with Gasteiger partial charge in [-0.15, -0.1) is 0 Å². The van der Waals surface area contributed by atoms with E-state index in [-0.39, 0.29) is 0 Å². The molecule has 0 fully saturated rings. The molecule has 0 rings (SSSR count). The van der Waals surface area contributed by atoms with Gasteiger partial charge < -0.3 is 0 Å². The summed E-state index contributed by atoms with van der Waals surface area (Å²) < 4.78 is 0. The third-order valence-corrected chi connectivity index (χ3v) is 0.784. The van der Waals surface area contributed by atoms with Gasteiger partial charge in [-0.25, -0.2) is 10.1 Å². The van der Waals surface area contributed by atoms with Gasteiger partial charge in [0.2, 0.25) is 0 Å². The van der Waals surface area contributed by atoms with E-state index >= 15 is 0 Å². The molecule has 0 spiro atoms. The molecule has 0 heterocycles. The molecule has 0 aromatic carbocycles. The van der Waals surface area contributed by atoms with Crippen molar-refractivity contribution in [1.29, 1.82) is 0 Å². The third kappa shape index (κ3) is 2.17. The molecule has 0 saturated carbocycles. The third-order valence-electron chi connectivity index (χ3n) is 0.784. The summed E-state index contributed by atoms with van der Waals surface area (Å²) in [5.74, 6) is 0. The molecular formula is C4H11N3. The van der Waals surface area contributed by atoms with E-state index in [9.17, 15) is 0 Å². The van der Waals surface area contributed by atoms with Gasteiger partial charge in [0.1, 0.15) is 0 Å². The maximum atomic E-state index is 3.60. The smallest absolute Gasteiger partial charge is 0.0423 e. The highest BCUT2D eigenvalue weighted by Crippen LogP contribution is 1.80. The topological polar surface area (TPSA) is 18.8 Å². The fourth-order valence-electron chi connectivity index (χ4n) is 0.126. The molecule has 3 heteroatoms. The van der Waals surface area contributed by atoms with Crippen LogP contribution in [0, 0.1) is 0 Å². The van der Waals surface area contributed by atoms with Gasteiger partial charge in [-0.1, -0.05) is 0 Å². The van der Waals surface area contributed by atoms with Crippen molar-refractivity contribution in [2.24, 2.45) is 5.10 Å². The van der Waals surface area contributed by atoms with Gasteiger partial charge in [-0.3, -0.25) is 0 Å². The van der Waals surface area contributed by atoms with Gasteiger partial charge in [0.25, 0.3) is 0 Å². The van der Waals surface area contributed by atoms with E-state index in [0.717, 1.165) is 0 Å². The first-order valence-corrected chi connectivity index (χ1v) is 2.06. The van der Waals surface area contributed by atoms with E-state index in [1.165, 1.54) is 0 Å². The Bertz CT molecular complexity index is 60.0. The molecule has 42 valence electrons. The summed E-state index contributed by atoms with van der Waals surface area (Å²) in [5.41, 5.74) is 0. The average molecular weight is 101 g/mol. The van der Waals surface area contributed by atoms with Crippen molar-refractivity contribution in [3.05, 3.63) is 0 Å². The van der Waals surface area contributed by atoms with Gasteiger partial charge in [-0.2, -0.15) is 5.10 Å². The van der Waals surface area contributed by atoms with Gasteiger partial charge in [0.15, 0.2) is 0 Å². The molecule has 0 aliphatic heterocycles. The second-order valence-corrected chi connectivity index (χ2v) is 1.48. The first-order chi connectivity index (χ1) is 3.18. The SMILES string of the molecule is C=NN(C)N(C)C. The summed E-state index contributed by atoms with van der Waals surface area (Å²) in [5, 5.41) is 7.06. The Morgan fingerprint density at radius 2 is 1.71 bits per heavy atom. The number of hydrazine groups is 1. The molecule has 0 atom stereocenters. The summed E-state index contributed by atoms with van der Waals surface area (Å²) in [6.45, 7) is 3.32. The Hall–Kier alpha value is -0.570. The number of hydrogen-bond acceptors (Lipinski definition) is 3. The summed E-state index contributed by atoms with van der Waals surface area (Å²) in [6, 6.07) is 0. The molecule has 0 aromatic heterocycles. The van der Waals surface area contributed by atoms with Gasteiger partial charge in [0, 0.05) is 27.9 Å². The van der Waals surface area contributed by atoms with Crippen LogP contribution in [0.4, 0.5) is 0 Å². The highest BCUT2D eigenvalue weighted by atomic mass is 15.7. The van der Waals surface area contributed by atoms with E-state index in [1.54, 1.807) is 5.12 Å². The van der Waals surface area contributed by atoms with Crippen molar-refractivity contribution in [3.8, 4) is 0 Å². The summed E-state index contributed by atoms with van der Waals surface area (Å²) in [4.78, 5) is 0. The van der Waals surface area contributed by atoms with Crippen LogP contribution in [0.3, 0.4) is 0 Å². The quantitative estimate of drug-likeness (QED) is 0.360. The number of hydrogen-bond donors (Lipinski definition) is 0. The summed E-state index contributed by atoms with van der Waals surface area (Å²) >= 11 is 0. The lowest BCUT2D eigenvalue weighted by Gasteiger charge is -2.18. The van der Waals surface area contributed by atoms with Crippen molar-refractivity contribution < 1.29 is 0 Å². The first-order valence-electron chi connectivity index (χ1n) is 2.06. The highest BCUT2D eigenvalue weighted by Gasteiger charge is 1.87. The number of nitrogens with zero attached hydrogens (tertiary/aromatic N) is 3. The van der Waals surface area contributed by atoms with E-state index < -0.39 is 0 Å². The monoisotopic (exact) mass is 101 g/mol. The normalized spacial score (nSPS) is 9.14. The van der Waals surface area contributed by atoms with Crippen LogP contribution in [0.2, 0.25) is 0 Å². The molecule has 3 nitrogen and oxygen atoms in total. The van der Waals surface area contributed by atoms with Crippen LogP contribution < -0.4 is 0 Å². The second-order valence-electron chi connectivity index (χ2n) is 1.48. The molecule has 0 aliphatic carbocycles. The Kier molecular flexibility index (Phi) is 2.37. The molecule has 0 saturated heterocycles. The Morgan fingerprint density at radius 3 is 1.71 bits per heavy atom. The van der Waals surface area contributed by atoms with Gasteiger partial charge >= 0.3 is 0 Å². The maximum absolute atomic E-state index is 3.60. The minimum absolute atomic E-state index is 1.64. The van der Waals surface area contributed by atoms with Crippen LogP contribution in [-0.2, 0) is 0 Å². The largest absolute Gasteiger partial charge is 0.231 e. The van der Waals surface area contributed by atoms with E-state index in [2.05, 4.69) is 11.8 Å². The zero-order chi connectivity index (χ0) is 5.86. The van der Waals surface area contributed by atoms with Crippen LogP contribution in [-0.4, -0.2) is 38.0 Å². The van der Waals surface area contributed by atoms with Crippen LogP contribution in [0.5, 0.6) is 0 Å². The molecule has 0 radical (unpaired) electrons. The van der Waals surface area contributed by atoms with Crippen LogP contribution in [0.1, 0.15) is 0 Å². The molecule has 0 N–H and O–H groups in total. The average Bonchev–Trinajstić information content (AvgIpc) is 1.65. The Labute approximate surface area is 44.2 Å². The summed E-state index contributed by atoms with van der Waals surface area (Å²) in [7, 11) is 5.62. The van der Waals surface area contributed by atoms with Crippen molar-refractivity contribution in [1.82, 2.24) is 10.1 Å². The van der Waals surface area contributed by atoms with E-state index in [1.807, 2.05) is 26.2 Å². The predicted octanol–water partition coefficient (Wildman–Crippen LogP) is 0.0104. The van der Waals surface area contributed by atoms with E-state index in [4.69, 9.17) is 0 Å². The predicted molar refractivity (Wildman–Crippen MR) is 31.0 cm³/mol. The first kappa shape index (κ1) is 6.43. The zero-order valence-corrected chi connectivity index (χ0v) is 5.05. The van der Waals surface area contributed by atoms with Crippen molar-refractivity contribution in [2.75, 3.05) is 21.1 Å². The Balaban J connectivity index is 3.33. The lowest BCUT2D eigenvalue weighted by Crippen LogP contribution is -2.27.